The highest BCUT2D eigenvalue weighted by Crippen LogP contribution is 2.25. The number of nitrogens with one attached hydrogen (secondary N) is 2. The van der Waals surface area contributed by atoms with E-state index in [1.165, 1.54) is 4.90 Å². The molecule has 2 aromatic rings. The van der Waals surface area contributed by atoms with Crippen molar-refractivity contribution in [2.45, 2.75) is 19.4 Å². The molecule has 0 aliphatic heterocycles. The van der Waals surface area contributed by atoms with Crippen molar-refractivity contribution in [3.05, 3.63) is 83.7 Å². The van der Waals surface area contributed by atoms with Crippen LogP contribution in [0.5, 0.6) is 0 Å². The fourth-order valence-electron chi connectivity index (χ4n) is 2.85. The molecule has 0 saturated heterocycles. The van der Waals surface area contributed by atoms with Crippen molar-refractivity contribution in [1.82, 2.24) is 10.2 Å². The lowest BCUT2D eigenvalue weighted by molar-refractivity contribution is -0.104. The van der Waals surface area contributed by atoms with Crippen LogP contribution in [0, 0.1) is 0 Å². The number of nitrogens with two attached hydrogens (primary N) is 1. The molecule has 1 amide bonds. The van der Waals surface area contributed by atoms with Gasteiger partial charge in [0.2, 0.25) is 0 Å². The van der Waals surface area contributed by atoms with Gasteiger partial charge in [-0.1, -0.05) is 49.9 Å². The van der Waals surface area contributed by atoms with Crippen LogP contribution in [-0.2, 0) is 4.79 Å². The van der Waals surface area contributed by atoms with Crippen LogP contribution in [0.2, 0.25) is 0 Å². The van der Waals surface area contributed by atoms with Crippen LogP contribution in [0.3, 0.4) is 0 Å². The van der Waals surface area contributed by atoms with E-state index in [1.54, 1.807) is 38.5 Å². The minimum Gasteiger partial charge on any atom is -0.396 e. The summed E-state index contributed by atoms with van der Waals surface area (Å²) >= 11 is 0. The topological polar surface area (TPSA) is 87.5 Å². The number of allylic oxidation sites excluding steroid dienone is 1. The number of para-hydroxylation sites is 1. The highest BCUT2D eigenvalue weighted by molar-refractivity contribution is 6.01. The van der Waals surface area contributed by atoms with E-state index in [1.807, 2.05) is 30.3 Å². The number of carbonyl (C=O) groups excluding carboxylic acids is 2. The van der Waals surface area contributed by atoms with Gasteiger partial charge in [-0.3, -0.25) is 9.59 Å². The van der Waals surface area contributed by atoms with Gasteiger partial charge in [-0.05, 0) is 24.1 Å². The van der Waals surface area contributed by atoms with Gasteiger partial charge >= 0.3 is 0 Å². The zero-order valence-corrected chi connectivity index (χ0v) is 17.1. The van der Waals surface area contributed by atoms with E-state index >= 15 is 0 Å². The first-order chi connectivity index (χ1) is 13.9. The first-order valence-electron chi connectivity index (χ1n) is 9.41. The van der Waals surface area contributed by atoms with Crippen molar-refractivity contribution in [2.24, 2.45) is 0 Å². The summed E-state index contributed by atoms with van der Waals surface area (Å²) in [7, 11) is 3.35. The van der Waals surface area contributed by atoms with Gasteiger partial charge in [0, 0.05) is 25.9 Å². The lowest BCUT2D eigenvalue weighted by Crippen LogP contribution is -2.23. The van der Waals surface area contributed by atoms with Crippen LogP contribution in [0.4, 0.5) is 11.4 Å². The Hall–Kier alpha value is -3.54. The van der Waals surface area contributed by atoms with Gasteiger partial charge in [-0.15, -0.1) is 0 Å². The number of amides is 1. The maximum Gasteiger partial charge on any atom is 0.255 e. The summed E-state index contributed by atoms with van der Waals surface area (Å²) in [4.78, 5) is 25.1. The van der Waals surface area contributed by atoms with Gasteiger partial charge < -0.3 is 21.3 Å². The van der Waals surface area contributed by atoms with E-state index in [2.05, 4.69) is 24.1 Å². The first-order valence-corrected chi connectivity index (χ1v) is 9.41. The quantitative estimate of drug-likeness (QED) is 0.262. The SMILES string of the molecule is C=C(C=O)/C(=C/Nc1cccc(C(=O)N(C)C)c1N)N[C@H](CC)c1ccccc1. The molecule has 0 aliphatic carbocycles. The number of hydrogen-bond acceptors (Lipinski definition) is 5. The van der Waals surface area contributed by atoms with E-state index in [0.717, 1.165) is 12.0 Å². The molecule has 4 N–H and O–H groups in total. The third kappa shape index (κ3) is 5.48. The number of nitrogens with zero attached hydrogens (tertiary/aromatic N) is 1. The molecule has 2 rings (SSSR count). The number of benzene rings is 2. The molecule has 6 heteroatoms. The first kappa shape index (κ1) is 21.8. The van der Waals surface area contributed by atoms with Gasteiger partial charge in [-0.2, -0.15) is 0 Å². The predicted octanol–water partition coefficient (Wildman–Crippen LogP) is 3.72. The van der Waals surface area contributed by atoms with E-state index in [-0.39, 0.29) is 11.9 Å². The predicted molar refractivity (Wildman–Crippen MR) is 118 cm³/mol. The van der Waals surface area contributed by atoms with Crippen molar-refractivity contribution >= 4 is 23.6 Å². The summed E-state index contributed by atoms with van der Waals surface area (Å²) in [5.41, 5.74) is 9.48. The van der Waals surface area contributed by atoms with Crippen molar-refractivity contribution in [3.63, 3.8) is 0 Å². The highest BCUT2D eigenvalue weighted by atomic mass is 16.2. The van der Waals surface area contributed by atoms with Crippen LogP contribution in [-0.4, -0.2) is 31.2 Å². The Morgan fingerprint density at radius 3 is 2.45 bits per heavy atom. The van der Waals surface area contributed by atoms with Gasteiger partial charge in [0.15, 0.2) is 6.29 Å². The molecular formula is C23H28N4O2. The summed E-state index contributed by atoms with van der Waals surface area (Å²) in [6, 6.07) is 15.2. The minimum atomic E-state index is -0.180. The lowest BCUT2D eigenvalue weighted by Gasteiger charge is -2.21. The monoisotopic (exact) mass is 392 g/mol. The Kier molecular flexibility index (Phi) is 7.60. The van der Waals surface area contributed by atoms with Crippen LogP contribution in [0.15, 0.2) is 72.6 Å². The molecule has 0 fully saturated rings. The standard InChI is InChI=1S/C23H28N4O2/c1-5-19(17-10-7-6-8-11-17)26-21(16(2)15-28)14-25-20-13-9-12-18(22(20)24)23(29)27(3)4/h6-15,19,25-26H,2,5,24H2,1,3-4H3/b21-14-/t19-/m1/s1. The molecule has 2 aromatic carbocycles. The highest BCUT2D eigenvalue weighted by Gasteiger charge is 2.15. The average Bonchev–Trinajstić information content (AvgIpc) is 2.74. The summed E-state index contributed by atoms with van der Waals surface area (Å²) < 4.78 is 0. The van der Waals surface area contributed by atoms with E-state index in [0.29, 0.717) is 34.5 Å². The molecule has 6 nitrogen and oxygen atoms in total. The molecule has 0 aliphatic rings. The molecule has 0 heterocycles. The zero-order chi connectivity index (χ0) is 21.4. The number of carbonyl (C=O) groups is 2. The average molecular weight is 393 g/mol. The van der Waals surface area contributed by atoms with E-state index < -0.39 is 0 Å². The van der Waals surface area contributed by atoms with Gasteiger partial charge in [0.1, 0.15) is 0 Å². The molecule has 1 atom stereocenters. The fourth-order valence-corrected chi connectivity index (χ4v) is 2.85. The van der Waals surface area contributed by atoms with Gasteiger partial charge in [0.25, 0.3) is 5.91 Å². The summed E-state index contributed by atoms with van der Waals surface area (Å²) in [5.74, 6) is -0.180. The van der Waals surface area contributed by atoms with Crippen molar-refractivity contribution < 1.29 is 9.59 Å². The van der Waals surface area contributed by atoms with Crippen LogP contribution < -0.4 is 16.4 Å². The maximum atomic E-state index is 12.3. The van der Waals surface area contributed by atoms with Gasteiger partial charge in [0.05, 0.1) is 28.7 Å². The Bertz CT molecular complexity index is 904. The van der Waals surface area contributed by atoms with Gasteiger partial charge in [-0.25, -0.2) is 0 Å². The van der Waals surface area contributed by atoms with E-state index in [4.69, 9.17) is 5.73 Å². The number of nitrogen functional groups attached to an aromatic ring is 1. The fraction of sp³-hybridized carbons (Fsp3) is 0.217. The largest absolute Gasteiger partial charge is 0.396 e. The molecular weight excluding hydrogens is 364 g/mol. The number of aldehydes is 1. The smallest absolute Gasteiger partial charge is 0.255 e. The number of rotatable bonds is 9. The summed E-state index contributed by atoms with van der Waals surface area (Å²) in [6.45, 7) is 5.89. The normalized spacial score (nSPS) is 12.0. The second-order valence-corrected chi connectivity index (χ2v) is 6.83. The van der Waals surface area contributed by atoms with Crippen molar-refractivity contribution in [3.8, 4) is 0 Å². The molecule has 0 saturated carbocycles. The van der Waals surface area contributed by atoms with Crippen molar-refractivity contribution in [1.29, 1.82) is 0 Å². The second-order valence-electron chi connectivity index (χ2n) is 6.83. The maximum absolute atomic E-state index is 12.3. The van der Waals surface area contributed by atoms with Crippen molar-refractivity contribution in [2.75, 3.05) is 25.1 Å². The Morgan fingerprint density at radius 1 is 1.17 bits per heavy atom. The lowest BCUT2D eigenvalue weighted by atomic mass is 10.0. The third-order valence-corrected chi connectivity index (χ3v) is 4.54. The molecule has 152 valence electrons. The van der Waals surface area contributed by atoms with E-state index in [9.17, 15) is 9.59 Å². The third-order valence-electron chi connectivity index (χ3n) is 4.54. The number of anilines is 2. The minimum absolute atomic E-state index is 0.0138. The molecule has 0 spiro atoms. The molecule has 0 aromatic heterocycles. The Labute approximate surface area is 172 Å². The molecule has 29 heavy (non-hydrogen) atoms. The summed E-state index contributed by atoms with van der Waals surface area (Å²) in [6.07, 6.45) is 3.17. The van der Waals surface area contributed by atoms with Crippen LogP contribution >= 0.6 is 0 Å². The Balaban J connectivity index is 2.30. The molecule has 0 bridgehead atoms. The molecule has 0 unspecified atom stereocenters. The number of hydrogen-bond donors (Lipinski definition) is 3. The van der Waals surface area contributed by atoms with Crippen LogP contribution in [0.25, 0.3) is 0 Å². The Morgan fingerprint density at radius 2 is 1.86 bits per heavy atom. The zero-order valence-electron chi connectivity index (χ0n) is 17.1. The van der Waals surface area contributed by atoms with Crippen LogP contribution in [0.1, 0.15) is 35.3 Å². The summed E-state index contributed by atoms with van der Waals surface area (Å²) in [5, 5.41) is 6.47. The molecule has 0 radical (unpaired) electrons. The second kappa shape index (κ2) is 10.1.